The van der Waals surface area contributed by atoms with E-state index in [-0.39, 0.29) is 0 Å². The maximum absolute atomic E-state index is 6.27. The normalized spacial score (nSPS) is 10.2. The summed E-state index contributed by atoms with van der Waals surface area (Å²) in [6.45, 7) is 5.85. The van der Waals surface area contributed by atoms with Gasteiger partial charge in [-0.15, -0.1) is 0 Å². The summed E-state index contributed by atoms with van der Waals surface area (Å²) in [6.07, 6.45) is 3.36. The number of benzene rings is 1. The molecule has 128 valence electrons. The lowest BCUT2D eigenvalue weighted by atomic mass is 10.2. The van der Waals surface area contributed by atoms with E-state index >= 15 is 0 Å². The monoisotopic (exact) mass is 348 g/mol. The fourth-order valence-corrected chi connectivity index (χ4v) is 2.34. The minimum Gasteiger partial charge on any atom is -0.493 e. The fraction of sp³-hybridized carbons (Fsp3) is 0.278. The molecule has 0 bridgehead atoms. The molecule has 0 aliphatic rings. The molecule has 2 aromatic rings. The second-order valence-corrected chi connectivity index (χ2v) is 5.31. The molecule has 0 unspecified atom stereocenters. The molecule has 0 spiro atoms. The van der Waals surface area contributed by atoms with Crippen molar-refractivity contribution in [3.05, 3.63) is 59.8 Å². The Morgan fingerprint density at radius 3 is 2.88 bits per heavy atom. The SMILES string of the molecule is C=CCOc1c(Cl)cc(CNCCOc2ccccn2)cc1OC. The average molecular weight is 349 g/mol. The first-order chi connectivity index (χ1) is 11.7. The minimum absolute atomic E-state index is 0.374. The molecule has 1 aromatic heterocycles. The highest BCUT2D eigenvalue weighted by atomic mass is 35.5. The van der Waals surface area contributed by atoms with Crippen LogP contribution in [0.1, 0.15) is 5.56 Å². The highest BCUT2D eigenvalue weighted by Gasteiger charge is 2.11. The predicted octanol–water partition coefficient (Wildman–Crippen LogP) is 3.48. The number of hydrogen-bond donors (Lipinski definition) is 1. The lowest BCUT2D eigenvalue weighted by molar-refractivity contribution is 0.302. The number of aromatic nitrogens is 1. The number of halogens is 1. The van der Waals surface area contributed by atoms with Crippen LogP contribution in [0.3, 0.4) is 0 Å². The quantitative estimate of drug-likeness (QED) is 0.526. The third-order valence-electron chi connectivity index (χ3n) is 3.13. The van der Waals surface area contributed by atoms with Crippen molar-refractivity contribution in [1.29, 1.82) is 0 Å². The number of nitrogens with one attached hydrogen (secondary N) is 1. The van der Waals surface area contributed by atoms with Gasteiger partial charge in [0.15, 0.2) is 11.5 Å². The van der Waals surface area contributed by atoms with Crippen LogP contribution in [0.2, 0.25) is 5.02 Å². The Labute approximate surface area is 147 Å². The summed E-state index contributed by atoms with van der Waals surface area (Å²) in [5.41, 5.74) is 1.00. The average Bonchev–Trinajstić information content (AvgIpc) is 2.61. The van der Waals surface area contributed by atoms with Crippen LogP contribution in [0.4, 0.5) is 0 Å². The number of ether oxygens (including phenoxy) is 3. The molecule has 0 fully saturated rings. The fourth-order valence-electron chi connectivity index (χ4n) is 2.05. The zero-order chi connectivity index (χ0) is 17.2. The van der Waals surface area contributed by atoms with Crippen LogP contribution in [0.25, 0.3) is 0 Å². The van der Waals surface area contributed by atoms with Gasteiger partial charge in [0.25, 0.3) is 0 Å². The second-order valence-electron chi connectivity index (χ2n) is 4.90. The Kier molecular flexibility index (Phi) is 7.39. The molecule has 0 aliphatic carbocycles. The van der Waals surface area contributed by atoms with Crippen molar-refractivity contribution in [1.82, 2.24) is 10.3 Å². The van der Waals surface area contributed by atoms with Gasteiger partial charge in [0.1, 0.15) is 13.2 Å². The first kappa shape index (κ1) is 18.1. The Bertz CT molecular complexity index is 650. The molecule has 1 aromatic carbocycles. The summed E-state index contributed by atoms with van der Waals surface area (Å²) in [4.78, 5) is 4.10. The molecule has 0 saturated heterocycles. The Morgan fingerprint density at radius 1 is 1.29 bits per heavy atom. The standard InChI is InChI=1S/C18H21ClN2O3/c1-3-9-24-18-15(19)11-14(12-16(18)22-2)13-20-8-10-23-17-6-4-5-7-21-17/h3-7,11-12,20H,1,8-10,13H2,2H3. The number of pyridine rings is 1. The van der Waals surface area contributed by atoms with Crippen LogP contribution >= 0.6 is 11.6 Å². The van der Waals surface area contributed by atoms with Gasteiger partial charge in [-0.2, -0.15) is 0 Å². The van der Waals surface area contributed by atoms with Crippen LogP contribution in [-0.4, -0.2) is 31.9 Å². The van der Waals surface area contributed by atoms with Crippen LogP contribution < -0.4 is 19.5 Å². The first-order valence-electron chi connectivity index (χ1n) is 7.59. The van der Waals surface area contributed by atoms with Gasteiger partial charge in [-0.1, -0.05) is 30.3 Å². The zero-order valence-corrected chi connectivity index (χ0v) is 14.4. The van der Waals surface area contributed by atoms with Gasteiger partial charge in [0.2, 0.25) is 5.88 Å². The van der Waals surface area contributed by atoms with E-state index in [0.717, 1.165) is 5.56 Å². The third kappa shape index (κ3) is 5.44. The lowest BCUT2D eigenvalue weighted by Crippen LogP contribution is -2.20. The summed E-state index contributed by atoms with van der Waals surface area (Å²) in [6, 6.07) is 9.32. The van der Waals surface area contributed by atoms with E-state index in [4.69, 9.17) is 25.8 Å². The van der Waals surface area contributed by atoms with Gasteiger partial charge in [0.05, 0.1) is 12.1 Å². The van der Waals surface area contributed by atoms with Gasteiger partial charge in [-0.3, -0.25) is 0 Å². The van der Waals surface area contributed by atoms with E-state index < -0.39 is 0 Å². The highest BCUT2D eigenvalue weighted by molar-refractivity contribution is 6.32. The third-order valence-corrected chi connectivity index (χ3v) is 3.41. The van der Waals surface area contributed by atoms with E-state index in [0.29, 0.717) is 48.7 Å². The van der Waals surface area contributed by atoms with E-state index in [9.17, 15) is 0 Å². The van der Waals surface area contributed by atoms with E-state index in [1.807, 2.05) is 30.3 Å². The predicted molar refractivity (Wildman–Crippen MR) is 95.1 cm³/mol. The summed E-state index contributed by atoms with van der Waals surface area (Å²) >= 11 is 6.27. The molecule has 0 atom stereocenters. The molecular formula is C18H21ClN2O3. The topological polar surface area (TPSA) is 52.6 Å². The lowest BCUT2D eigenvalue weighted by Gasteiger charge is -2.13. The van der Waals surface area contributed by atoms with Crippen molar-refractivity contribution in [3.63, 3.8) is 0 Å². The van der Waals surface area contributed by atoms with Crippen molar-refractivity contribution in [3.8, 4) is 17.4 Å². The van der Waals surface area contributed by atoms with Gasteiger partial charge >= 0.3 is 0 Å². The molecule has 0 radical (unpaired) electrons. The maximum Gasteiger partial charge on any atom is 0.213 e. The van der Waals surface area contributed by atoms with Crippen LogP contribution in [0, 0.1) is 0 Å². The Balaban J connectivity index is 1.83. The van der Waals surface area contributed by atoms with Crippen molar-refractivity contribution < 1.29 is 14.2 Å². The van der Waals surface area contributed by atoms with E-state index in [1.165, 1.54) is 0 Å². The second kappa shape index (κ2) is 9.80. The number of hydrogen-bond acceptors (Lipinski definition) is 5. The number of nitrogens with zero attached hydrogens (tertiary/aromatic N) is 1. The first-order valence-corrected chi connectivity index (χ1v) is 7.97. The van der Waals surface area contributed by atoms with Crippen molar-refractivity contribution in [2.24, 2.45) is 0 Å². The van der Waals surface area contributed by atoms with Crippen molar-refractivity contribution in [2.45, 2.75) is 6.54 Å². The van der Waals surface area contributed by atoms with E-state index in [1.54, 1.807) is 19.4 Å². The highest BCUT2D eigenvalue weighted by Crippen LogP contribution is 2.36. The molecular weight excluding hydrogens is 328 g/mol. The summed E-state index contributed by atoms with van der Waals surface area (Å²) in [5.74, 6) is 1.75. The van der Waals surface area contributed by atoms with Gasteiger partial charge in [0, 0.05) is 25.4 Å². The van der Waals surface area contributed by atoms with Gasteiger partial charge in [-0.05, 0) is 23.8 Å². The summed E-state index contributed by atoms with van der Waals surface area (Å²) in [7, 11) is 1.59. The minimum atomic E-state index is 0.374. The maximum atomic E-state index is 6.27. The molecule has 1 N–H and O–H groups in total. The molecule has 6 heteroatoms. The summed E-state index contributed by atoms with van der Waals surface area (Å²) < 4.78 is 16.4. The Morgan fingerprint density at radius 2 is 2.17 bits per heavy atom. The smallest absolute Gasteiger partial charge is 0.213 e. The van der Waals surface area contributed by atoms with Gasteiger partial charge in [-0.25, -0.2) is 4.98 Å². The number of rotatable bonds is 10. The zero-order valence-electron chi connectivity index (χ0n) is 13.6. The van der Waals surface area contributed by atoms with Gasteiger partial charge < -0.3 is 19.5 Å². The molecule has 0 amide bonds. The molecule has 5 nitrogen and oxygen atoms in total. The molecule has 2 rings (SSSR count). The van der Waals surface area contributed by atoms with Crippen LogP contribution in [-0.2, 0) is 6.54 Å². The van der Waals surface area contributed by atoms with Crippen molar-refractivity contribution in [2.75, 3.05) is 26.9 Å². The number of methoxy groups -OCH3 is 1. The molecule has 1 heterocycles. The van der Waals surface area contributed by atoms with Crippen molar-refractivity contribution >= 4 is 11.6 Å². The molecule has 0 saturated carbocycles. The van der Waals surface area contributed by atoms with Crippen LogP contribution in [0.5, 0.6) is 17.4 Å². The molecule has 0 aliphatic heterocycles. The summed E-state index contributed by atoms with van der Waals surface area (Å²) in [5, 5.41) is 3.80. The largest absolute Gasteiger partial charge is 0.493 e. The van der Waals surface area contributed by atoms with Crippen LogP contribution in [0.15, 0.2) is 49.2 Å². The van der Waals surface area contributed by atoms with E-state index in [2.05, 4.69) is 16.9 Å². The Hall–Kier alpha value is -2.24. The molecule has 24 heavy (non-hydrogen) atoms.